The van der Waals surface area contributed by atoms with Crippen molar-refractivity contribution >= 4 is 13.5 Å². The van der Waals surface area contributed by atoms with Gasteiger partial charge in [0.15, 0.2) is 0 Å². The summed E-state index contributed by atoms with van der Waals surface area (Å²) in [5.41, 5.74) is 0.772. The molecule has 140 valence electrons. The molecular weight excluding hydrogens is 341 g/mol. The van der Waals surface area contributed by atoms with Gasteiger partial charge in [-0.05, 0) is 46.2 Å². The van der Waals surface area contributed by atoms with Crippen molar-refractivity contribution in [3.05, 3.63) is 42.0 Å². The van der Waals surface area contributed by atoms with Gasteiger partial charge in [0.1, 0.15) is 11.8 Å². The third-order valence-electron chi connectivity index (χ3n) is 3.78. The zero-order valence-corrected chi connectivity index (χ0v) is 16.1. The predicted octanol–water partition coefficient (Wildman–Crippen LogP) is 3.77. The Bertz CT molecular complexity index is 630. The van der Waals surface area contributed by atoms with Crippen LogP contribution in [-0.2, 0) is 9.36 Å². The van der Waals surface area contributed by atoms with Crippen molar-refractivity contribution in [2.45, 2.75) is 46.2 Å². The van der Waals surface area contributed by atoms with Crippen LogP contribution < -0.4 is 4.52 Å². The highest BCUT2D eigenvalue weighted by molar-refractivity contribution is 7.57. The highest BCUT2D eigenvalue weighted by Crippen LogP contribution is 2.53. The number of carbonyl (C=O) groups is 1. The van der Waals surface area contributed by atoms with E-state index in [0.717, 1.165) is 5.57 Å². The average Bonchev–Trinajstić information content (AvgIpc) is 2.54. The average molecular weight is 369 g/mol. The fraction of sp³-hybridized carbons (Fsp3) is 0.500. The number of para-hydroxylation sites is 1. The Morgan fingerprint density at radius 1 is 1.28 bits per heavy atom. The van der Waals surface area contributed by atoms with Crippen molar-refractivity contribution in [1.29, 1.82) is 0 Å². The second kappa shape index (κ2) is 9.76. The number of aliphatic carboxylic acids is 1. The molecule has 0 aliphatic heterocycles. The minimum atomic E-state index is -3.46. The number of aliphatic hydroxyl groups excluding tert-OH is 1. The van der Waals surface area contributed by atoms with Crippen molar-refractivity contribution in [1.82, 2.24) is 4.67 Å². The first kappa shape index (κ1) is 21.4. The SMILES string of the molecule is C/C(=C\CCP(=O)(Oc1ccccc1)N(C(C)C)[C@@H](C)C(=O)O)CO. The van der Waals surface area contributed by atoms with Crippen LogP contribution in [0.2, 0.25) is 0 Å². The van der Waals surface area contributed by atoms with Gasteiger partial charge in [-0.25, -0.2) is 4.67 Å². The van der Waals surface area contributed by atoms with Crippen LogP contribution in [-0.4, -0.2) is 45.7 Å². The van der Waals surface area contributed by atoms with Crippen LogP contribution in [0.4, 0.5) is 0 Å². The molecule has 1 rings (SSSR count). The van der Waals surface area contributed by atoms with E-state index in [1.807, 2.05) is 6.07 Å². The largest absolute Gasteiger partial charge is 0.480 e. The summed E-state index contributed by atoms with van der Waals surface area (Å²) in [5.74, 6) is -0.607. The molecule has 0 aliphatic rings. The molecule has 0 fully saturated rings. The van der Waals surface area contributed by atoms with E-state index in [0.29, 0.717) is 12.2 Å². The molecule has 2 N–H and O–H groups in total. The van der Waals surface area contributed by atoms with E-state index >= 15 is 0 Å². The summed E-state index contributed by atoms with van der Waals surface area (Å²) in [6.45, 7) is 6.83. The van der Waals surface area contributed by atoms with Gasteiger partial charge in [0.2, 0.25) is 0 Å². The van der Waals surface area contributed by atoms with Gasteiger partial charge >= 0.3 is 13.5 Å². The normalized spacial score (nSPS) is 15.9. The smallest absolute Gasteiger partial charge is 0.321 e. The second-order valence-electron chi connectivity index (χ2n) is 6.25. The van der Waals surface area contributed by atoms with Gasteiger partial charge in [0.25, 0.3) is 0 Å². The van der Waals surface area contributed by atoms with Gasteiger partial charge < -0.3 is 14.7 Å². The van der Waals surface area contributed by atoms with Gasteiger partial charge in [-0.15, -0.1) is 0 Å². The van der Waals surface area contributed by atoms with E-state index in [9.17, 15) is 14.5 Å². The van der Waals surface area contributed by atoms with Crippen molar-refractivity contribution in [2.24, 2.45) is 0 Å². The van der Waals surface area contributed by atoms with Crippen LogP contribution in [0.3, 0.4) is 0 Å². The maximum Gasteiger partial charge on any atom is 0.321 e. The number of carboxylic acids is 1. The highest BCUT2D eigenvalue weighted by Gasteiger charge is 2.40. The van der Waals surface area contributed by atoms with Crippen LogP contribution in [0.5, 0.6) is 5.75 Å². The Labute approximate surface area is 149 Å². The first-order chi connectivity index (χ1) is 11.7. The van der Waals surface area contributed by atoms with Gasteiger partial charge in [-0.2, -0.15) is 0 Å². The van der Waals surface area contributed by atoms with Crippen LogP contribution in [0.1, 0.15) is 34.1 Å². The number of hydrogen-bond donors (Lipinski definition) is 2. The molecule has 7 heteroatoms. The lowest BCUT2D eigenvalue weighted by Crippen LogP contribution is -2.42. The number of carboxylic acid groups (broad SMARTS) is 1. The molecule has 0 bridgehead atoms. The maximum atomic E-state index is 13.7. The molecule has 0 aromatic heterocycles. The minimum absolute atomic E-state index is 0.0662. The number of allylic oxidation sites excluding steroid dienone is 1. The Kier molecular flexibility index (Phi) is 8.36. The van der Waals surface area contributed by atoms with Crippen molar-refractivity contribution in [2.75, 3.05) is 12.8 Å². The molecule has 0 heterocycles. The zero-order chi connectivity index (χ0) is 19.0. The number of benzene rings is 1. The molecule has 0 saturated heterocycles. The molecule has 0 radical (unpaired) electrons. The Morgan fingerprint density at radius 2 is 1.88 bits per heavy atom. The molecule has 0 spiro atoms. The molecule has 2 atom stereocenters. The summed E-state index contributed by atoms with van der Waals surface area (Å²) in [6.07, 6.45) is 2.38. The zero-order valence-electron chi connectivity index (χ0n) is 15.3. The van der Waals surface area contributed by atoms with Gasteiger partial charge in [0, 0.05) is 6.04 Å². The Balaban J connectivity index is 3.19. The molecule has 25 heavy (non-hydrogen) atoms. The number of rotatable bonds is 10. The van der Waals surface area contributed by atoms with Crippen LogP contribution in [0.15, 0.2) is 42.0 Å². The van der Waals surface area contributed by atoms with E-state index in [2.05, 4.69) is 0 Å². The molecule has 1 aromatic rings. The predicted molar refractivity (Wildman–Crippen MR) is 99.1 cm³/mol. The molecule has 1 unspecified atom stereocenters. The second-order valence-corrected chi connectivity index (χ2v) is 8.62. The number of aliphatic hydroxyl groups is 1. The van der Waals surface area contributed by atoms with Gasteiger partial charge in [-0.3, -0.25) is 9.36 Å². The van der Waals surface area contributed by atoms with Crippen molar-refractivity contribution in [3.8, 4) is 5.75 Å². The van der Waals surface area contributed by atoms with Crippen molar-refractivity contribution in [3.63, 3.8) is 0 Å². The van der Waals surface area contributed by atoms with Gasteiger partial charge in [0.05, 0.1) is 12.8 Å². The fourth-order valence-electron chi connectivity index (χ4n) is 2.57. The van der Waals surface area contributed by atoms with E-state index in [4.69, 9.17) is 9.63 Å². The summed E-state index contributed by atoms with van der Waals surface area (Å²) < 4.78 is 21.0. The Morgan fingerprint density at radius 3 is 2.36 bits per heavy atom. The number of nitrogens with zero attached hydrogens (tertiary/aromatic N) is 1. The van der Waals surface area contributed by atoms with E-state index in [-0.39, 0.29) is 18.8 Å². The molecule has 0 amide bonds. The summed E-state index contributed by atoms with van der Waals surface area (Å²) in [4.78, 5) is 11.5. The maximum absolute atomic E-state index is 13.7. The first-order valence-electron chi connectivity index (χ1n) is 8.33. The van der Waals surface area contributed by atoms with E-state index in [1.54, 1.807) is 51.1 Å². The highest BCUT2D eigenvalue weighted by atomic mass is 31.2. The Hall–Kier alpha value is -1.62. The van der Waals surface area contributed by atoms with Crippen LogP contribution >= 0.6 is 7.52 Å². The standard InChI is InChI=1S/C18H28NO5P/c1-14(2)19(16(4)18(21)22)25(23,12-8-9-15(3)13-20)24-17-10-6-5-7-11-17/h5-7,9-11,14,16,20H,8,12-13H2,1-4H3,(H,21,22)/b15-9+/t16-,25?/m0/s1. The quantitative estimate of drug-likeness (QED) is 0.482. The fourth-order valence-corrected chi connectivity index (χ4v) is 5.22. The summed E-state index contributed by atoms with van der Waals surface area (Å²) in [5, 5.41) is 18.5. The molecule has 0 saturated carbocycles. The third-order valence-corrected chi connectivity index (χ3v) is 6.61. The lowest BCUT2D eigenvalue weighted by atomic mass is 10.3. The third kappa shape index (κ3) is 6.31. The van der Waals surface area contributed by atoms with Crippen LogP contribution in [0, 0.1) is 0 Å². The summed E-state index contributed by atoms with van der Waals surface area (Å²) in [6, 6.07) is 7.55. The monoisotopic (exact) mass is 369 g/mol. The molecule has 1 aromatic carbocycles. The number of hydrogen-bond acceptors (Lipinski definition) is 4. The minimum Gasteiger partial charge on any atom is -0.480 e. The van der Waals surface area contributed by atoms with Gasteiger partial charge in [-0.1, -0.05) is 29.8 Å². The lowest BCUT2D eigenvalue weighted by molar-refractivity contribution is -0.141. The summed E-state index contributed by atoms with van der Waals surface area (Å²) >= 11 is 0. The lowest BCUT2D eigenvalue weighted by Gasteiger charge is -2.36. The van der Waals surface area contributed by atoms with Crippen molar-refractivity contribution < 1.29 is 24.1 Å². The molecular formula is C18H28NO5P. The van der Waals surface area contributed by atoms with E-state index < -0.39 is 19.5 Å². The first-order valence-corrected chi connectivity index (χ1v) is 10.1. The van der Waals surface area contributed by atoms with E-state index in [1.165, 1.54) is 11.6 Å². The topological polar surface area (TPSA) is 87.1 Å². The van der Waals surface area contributed by atoms with Crippen LogP contribution in [0.25, 0.3) is 0 Å². The molecule has 0 aliphatic carbocycles. The summed E-state index contributed by atoms with van der Waals surface area (Å²) in [7, 11) is -3.46. The molecule has 6 nitrogen and oxygen atoms in total.